The molecule has 1 amide bonds. The van der Waals surface area contributed by atoms with Crippen LogP contribution in [0.25, 0.3) is 0 Å². The Morgan fingerprint density at radius 2 is 1.74 bits per heavy atom. The molecule has 7 heteroatoms. The van der Waals surface area contributed by atoms with E-state index in [1.165, 1.54) is 6.07 Å². The number of piperidine rings is 1. The third kappa shape index (κ3) is 4.62. The predicted octanol–water partition coefficient (Wildman–Crippen LogP) is 4.32. The van der Waals surface area contributed by atoms with Crippen molar-refractivity contribution in [3.8, 4) is 0 Å². The second-order valence-electron chi connectivity index (χ2n) is 7.09. The molecular weight excluding hydrogens is 384 g/mol. The van der Waals surface area contributed by atoms with Crippen molar-refractivity contribution in [3.05, 3.63) is 58.6 Å². The molecule has 0 saturated carbocycles. The Morgan fingerprint density at radius 1 is 1.11 bits per heavy atom. The van der Waals surface area contributed by atoms with Gasteiger partial charge in [-0.3, -0.25) is 9.52 Å². The van der Waals surface area contributed by atoms with E-state index in [1.807, 2.05) is 6.92 Å². The first-order chi connectivity index (χ1) is 12.8. The van der Waals surface area contributed by atoms with Crippen molar-refractivity contribution in [1.82, 2.24) is 4.90 Å². The van der Waals surface area contributed by atoms with Gasteiger partial charge in [-0.05, 0) is 56.0 Å². The number of benzene rings is 2. The molecule has 0 aliphatic carbocycles. The Morgan fingerprint density at radius 3 is 2.33 bits per heavy atom. The first kappa shape index (κ1) is 19.7. The van der Waals surface area contributed by atoms with Crippen molar-refractivity contribution in [3.63, 3.8) is 0 Å². The van der Waals surface area contributed by atoms with Gasteiger partial charge in [0.05, 0.1) is 21.2 Å². The molecule has 0 atom stereocenters. The Hall–Kier alpha value is -2.05. The SMILES string of the molecule is Cc1ccc(S(=O)(=O)Nc2ccc(C(=O)N3CCC(C)CC3)c(Cl)c2)cc1. The van der Waals surface area contributed by atoms with Gasteiger partial charge < -0.3 is 4.90 Å². The molecule has 1 aliphatic rings. The summed E-state index contributed by atoms with van der Waals surface area (Å²) in [6.07, 6.45) is 1.97. The van der Waals surface area contributed by atoms with Gasteiger partial charge in [0, 0.05) is 13.1 Å². The molecule has 1 aliphatic heterocycles. The number of sulfonamides is 1. The van der Waals surface area contributed by atoms with Gasteiger partial charge in [0.15, 0.2) is 0 Å². The molecule has 2 aromatic rings. The normalized spacial score (nSPS) is 15.6. The Kier molecular flexibility index (Phi) is 5.77. The van der Waals surface area contributed by atoms with Crippen LogP contribution >= 0.6 is 11.6 Å². The summed E-state index contributed by atoms with van der Waals surface area (Å²) in [6, 6.07) is 11.2. The molecule has 0 bridgehead atoms. The highest BCUT2D eigenvalue weighted by Crippen LogP contribution is 2.26. The van der Waals surface area contributed by atoms with Crippen LogP contribution in [-0.4, -0.2) is 32.3 Å². The van der Waals surface area contributed by atoms with Gasteiger partial charge in [-0.25, -0.2) is 8.42 Å². The second-order valence-corrected chi connectivity index (χ2v) is 9.18. The lowest BCUT2D eigenvalue weighted by molar-refractivity contribution is 0.0697. The molecule has 1 saturated heterocycles. The highest BCUT2D eigenvalue weighted by atomic mass is 35.5. The monoisotopic (exact) mass is 406 g/mol. The van der Waals surface area contributed by atoms with Gasteiger partial charge in [0.2, 0.25) is 0 Å². The topological polar surface area (TPSA) is 66.5 Å². The molecule has 27 heavy (non-hydrogen) atoms. The molecule has 5 nitrogen and oxygen atoms in total. The van der Waals surface area contributed by atoms with E-state index in [1.54, 1.807) is 41.3 Å². The lowest BCUT2D eigenvalue weighted by Crippen LogP contribution is -2.38. The van der Waals surface area contributed by atoms with Crippen molar-refractivity contribution < 1.29 is 13.2 Å². The number of carbonyl (C=O) groups is 1. The van der Waals surface area contributed by atoms with Crippen molar-refractivity contribution in [1.29, 1.82) is 0 Å². The second kappa shape index (κ2) is 7.90. The standard InChI is InChI=1S/C20H23ClN2O3S/c1-14-3-6-17(7-4-14)27(25,26)22-16-5-8-18(19(21)13-16)20(24)23-11-9-15(2)10-12-23/h3-8,13,15,22H,9-12H2,1-2H3. The number of nitrogens with one attached hydrogen (secondary N) is 1. The smallest absolute Gasteiger partial charge is 0.261 e. The minimum absolute atomic E-state index is 0.111. The lowest BCUT2D eigenvalue weighted by Gasteiger charge is -2.30. The van der Waals surface area contributed by atoms with E-state index in [0.717, 1.165) is 31.5 Å². The van der Waals surface area contributed by atoms with Crippen LogP contribution in [0.5, 0.6) is 0 Å². The number of rotatable bonds is 4. The van der Waals surface area contributed by atoms with E-state index < -0.39 is 10.0 Å². The molecule has 0 aromatic heterocycles. The summed E-state index contributed by atoms with van der Waals surface area (Å²) in [5, 5.41) is 0.239. The quantitative estimate of drug-likeness (QED) is 0.822. The maximum absolute atomic E-state index is 12.7. The number of aryl methyl sites for hydroxylation is 1. The predicted molar refractivity (Wildman–Crippen MR) is 108 cm³/mol. The largest absolute Gasteiger partial charge is 0.339 e. The number of likely N-dealkylation sites (tertiary alicyclic amines) is 1. The summed E-state index contributed by atoms with van der Waals surface area (Å²) in [4.78, 5) is 14.7. The van der Waals surface area contributed by atoms with Crippen LogP contribution in [0.2, 0.25) is 5.02 Å². The van der Waals surface area contributed by atoms with E-state index >= 15 is 0 Å². The Bertz CT molecular complexity index is 934. The van der Waals surface area contributed by atoms with Crippen molar-refractivity contribution in [2.45, 2.75) is 31.6 Å². The summed E-state index contributed by atoms with van der Waals surface area (Å²) in [6.45, 7) is 5.52. The van der Waals surface area contributed by atoms with Gasteiger partial charge in [0.25, 0.3) is 15.9 Å². The van der Waals surface area contributed by atoms with Crippen molar-refractivity contribution >= 4 is 33.2 Å². The van der Waals surface area contributed by atoms with Gasteiger partial charge >= 0.3 is 0 Å². The number of carbonyl (C=O) groups excluding carboxylic acids is 1. The van der Waals surface area contributed by atoms with Crippen molar-refractivity contribution in [2.75, 3.05) is 17.8 Å². The summed E-state index contributed by atoms with van der Waals surface area (Å²) in [7, 11) is -3.71. The minimum Gasteiger partial charge on any atom is -0.339 e. The van der Waals surface area contributed by atoms with Crippen LogP contribution in [0.3, 0.4) is 0 Å². The first-order valence-corrected chi connectivity index (χ1v) is 10.8. The van der Waals surface area contributed by atoms with Crippen molar-refractivity contribution in [2.24, 2.45) is 5.92 Å². The molecule has 0 unspecified atom stereocenters. The zero-order chi connectivity index (χ0) is 19.6. The molecule has 0 radical (unpaired) electrons. The summed E-state index contributed by atoms with van der Waals surface area (Å²) >= 11 is 6.29. The van der Waals surface area contributed by atoms with Gasteiger partial charge in [-0.2, -0.15) is 0 Å². The number of nitrogens with zero attached hydrogens (tertiary/aromatic N) is 1. The number of halogens is 1. The van der Waals surface area contributed by atoms with E-state index in [-0.39, 0.29) is 15.8 Å². The number of hydrogen-bond acceptors (Lipinski definition) is 3. The molecule has 1 fully saturated rings. The van der Waals surface area contributed by atoms with Gasteiger partial charge in [0.1, 0.15) is 0 Å². The Labute approximate surface area is 165 Å². The third-order valence-electron chi connectivity index (χ3n) is 4.85. The van der Waals surface area contributed by atoms with Crippen LogP contribution in [-0.2, 0) is 10.0 Å². The average molecular weight is 407 g/mol. The minimum atomic E-state index is -3.71. The summed E-state index contributed by atoms with van der Waals surface area (Å²) in [5.41, 5.74) is 1.70. The fraction of sp³-hybridized carbons (Fsp3) is 0.350. The number of amides is 1. The maximum Gasteiger partial charge on any atom is 0.261 e. The lowest BCUT2D eigenvalue weighted by atomic mass is 9.98. The van der Waals surface area contributed by atoms with Crippen LogP contribution in [0.1, 0.15) is 35.7 Å². The molecule has 2 aromatic carbocycles. The average Bonchev–Trinajstić information content (AvgIpc) is 2.62. The molecular formula is C20H23ClN2O3S. The molecule has 1 heterocycles. The molecule has 3 rings (SSSR count). The van der Waals surface area contributed by atoms with E-state index in [2.05, 4.69) is 11.6 Å². The zero-order valence-corrected chi connectivity index (χ0v) is 17.0. The van der Waals surface area contributed by atoms with Crippen LogP contribution in [0, 0.1) is 12.8 Å². The van der Waals surface area contributed by atoms with Gasteiger partial charge in [-0.1, -0.05) is 36.2 Å². The number of hydrogen-bond donors (Lipinski definition) is 1. The fourth-order valence-electron chi connectivity index (χ4n) is 3.07. The summed E-state index contributed by atoms with van der Waals surface area (Å²) < 4.78 is 27.5. The zero-order valence-electron chi connectivity index (χ0n) is 15.4. The summed E-state index contributed by atoms with van der Waals surface area (Å²) in [5.74, 6) is 0.517. The molecule has 144 valence electrons. The first-order valence-electron chi connectivity index (χ1n) is 8.94. The van der Waals surface area contributed by atoms with Crippen LogP contribution in [0.15, 0.2) is 47.4 Å². The van der Waals surface area contributed by atoms with Crippen LogP contribution < -0.4 is 4.72 Å². The van der Waals surface area contributed by atoms with E-state index in [9.17, 15) is 13.2 Å². The fourth-order valence-corrected chi connectivity index (χ4v) is 4.38. The van der Waals surface area contributed by atoms with Gasteiger partial charge in [-0.15, -0.1) is 0 Å². The Balaban J connectivity index is 1.76. The van der Waals surface area contributed by atoms with E-state index in [4.69, 9.17) is 11.6 Å². The number of anilines is 1. The highest BCUT2D eigenvalue weighted by Gasteiger charge is 2.23. The maximum atomic E-state index is 12.7. The van der Waals surface area contributed by atoms with Crippen LogP contribution in [0.4, 0.5) is 5.69 Å². The highest BCUT2D eigenvalue weighted by molar-refractivity contribution is 7.92. The van der Waals surface area contributed by atoms with E-state index in [0.29, 0.717) is 17.2 Å². The third-order valence-corrected chi connectivity index (χ3v) is 6.56. The molecule has 0 spiro atoms. The molecule has 1 N–H and O–H groups in total.